The van der Waals surface area contributed by atoms with Crippen LogP contribution in [0.5, 0.6) is 0 Å². The van der Waals surface area contributed by atoms with E-state index in [2.05, 4.69) is 0 Å². The van der Waals surface area contributed by atoms with E-state index in [1.54, 1.807) is 0 Å². The molecule has 0 radical (unpaired) electrons. The van der Waals surface area contributed by atoms with Gasteiger partial charge in [0.15, 0.2) is 0 Å². The predicted molar refractivity (Wildman–Crippen MR) is 80.9 cm³/mol. The molecule has 5 nitrogen and oxygen atoms in total. The smallest absolute Gasteiger partial charge is 0.374 e. The molecule has 0 aromatic heterocycles. The number of nitrogens with two attached hydrogens (primary N) is 2. The fraction of sp³-hybridized carbons (Fsp3) is 1.00. The van der Waals surface area contributed by atoms with Crippen LogP contribution in [0, 0.1) is 0 Å². The second kappa shape index (κ2) is 11.8. The molecule has 0 fully saturated rings. The molecule has 0 aliphatic heterocycles. The molecule has 0 bridgehead atoms. The van der Waals surface area contributed by atoms with Gasteiger partial charge >= 0.3 is 8.80 Å². The molecule has 0 aromatic carbocycles. The molecule has 0 saturated carbocycles. The SMILES string of the molecule is CCO[Si](C[C@H](N)CCCCCN)(OCC)OCC. The van der Waals surface area contributed by atoms with Crippen LogP contribution in [0.25, 0.3) is 0 Å². The van der Waals surface area contributed by atoms with Crippen molar-refractivity contribution in [2.24, 2.45) is 11.5 Å². The van der Waals surface area contributed by atoms with Crippen molar-refractivity contribution < 1.29 is 13.3 Å². The summed E-state index contributed by atoms with van der Waals surface area (Å²) in [5, 5.41) is 0. The van der Waals surface area contributed by atoms with Crippen molar-refractivity contribution in [3.8, 4) is 0 Å². The summed E-state index contributed by atoms with van der Waals surface area (Å²) in [5.41, 5.74) is 11.7. The maximum absolute atomic E-state index is 6.20. The van der Waals surface area contributed by atoms with Gasteiger partial charge in [0.25, 0.3) is 0 Å². The minimum Gasteiger partial charge on any atom is -0.374 e. The Kier molecular flexibility index (Phi) is 11.8. The van der Waals surface area contributed by atoms with Gasteiger partial charge in [0.05, 0.1) is 0 Å². The Hall–Kier alpha value is 0.0169. The zero-order valence-electron chi connectivity index (χ0n) is 12.8. The van der Waals surface area contributed by atoms with Gasteiger partial charge in [0, 0.05) is 31.9 Å². The Morgan fingerprint density at radius 1 is 0.895 bits per heavy atom. The van der Waals surface area contributed by atoms with Crippen LogP contribution in [0.15, 0.2) is 0 Å². The maximum Gasteiger partial charge on any atom is 0.502 e. The third-order valence-electron chi connectivity index (χ3n) is 2.88. The zero-order valence-corrected chi connectivity index (χ0v) is 13.8. The van der Waals surface area contributed by atoms with Gasteiger partial charge in [0.1, 0.15) is 0 Å². The third kappa shape index (κ3) is 8.72. The fourth-order valence-corrected chi connectivity index (χ4v) is 4.88. The molecule has 0 amide bonds. The van der Waals surface area contributed by atoms with Crippen LogP contribution in [0.4, 0.5) is 0 Å². The van der Waals surface area contributed by atoms with Gasteiger partial charge in [-0.1, -0.05) is 12.8 Å². The van der Waals surface area contributed by atoms with E-state index in [1.807, 2.05) is 20.8 Å². The number of hydrogen-bond donors (Lipinski definition) is 2. The lowest BCUT2D eigenvalue weighted by Crippen LogP contribution is -2.50. The largest absolute Gasteiger partial charge is 0.502 e. The molecule has 4 N–H and O–H groups in total. The number of rotatable bonds is 13. The predicted octanol–water partition coefficient (Wildman–Crippen LogP) is 1.88. The summed E-state index contributed by atoms with van der Waals surface area (Å²) >= 11 is 0. The van der Waals surface area contributed by atoms with Gasteiger partial charge in [-0.3, -0.25) is 0 Å². The van der Waals surface area contributed by atoms with E-state index in [0.29, 0.717) is 25.9 Å². The quantitative estimate of drug-likeness (QED) is 0.400. The van der Waals surface area contributed by atoms with E-state index in [-0.39, 0.29) is 6.04 Å². The van der Waals surface area contributed by atoms with Crippen molar-refractivity contribution >= 4 is 8.80 Å². The van der Waals surface area contributed by atoms with Gasteiger partial charge in [-0.05, 0) is 40.2 Å². The van der Waals surface area contributed by atoms with Crippen LogP contribution >= 0.6 is 0 Å². The minimum absolute atomic E-state index is 0.0779. The van der Waals surface area contributed by atoms with Crippen molar-refractivity contribution in [1.29, 1.82) is 0 Å². The zero-order chi connectivity index (χ0) is 14.6. The molecular weight excluding hydrogens is 260 g/mol. The van der Waals surface area contributed by atoms with Crippen LogP contribution in [0.1, 0.15) is 46.5 Å². The van der Waals surface area contributed by atoms with E-state index >= 15 is 0 Å². The lowest BCUT2D eigenvalue weighted by molar-refractivity contribution is 0.0693. The monoisotopic (exact) mass is 292 g/mol. The topological polar surface area (TPSA) is 79.7 Å². The van der Waals surface area contributed by atoms with Gasteiger partial charge in [-0.2, -0.15) is 0 Å². The van der Waals surface area contributed by atoms with E-state index in [4.69, 9.17) is 24.7 Å². The first-order chi connectivity index (χ1) is 9.14. The van der Waals surface area contributed by atoms with Crippen LogP contribution in [-0.2, 0) is 13.3 Å². The summed E-state index contributed by atoms with van der Waals surface area (Å²) in [6, 6.07) is 0.777. The van der Waals surface area contributed by atoms with Gasteiger partial charge < -0.3 is 24.7 Å². The summed E-state index contributed by atoms with van der Waals surface area (Å²) in [5.74, 6) is 0. The molecule has 6 heteroatoms. The highest BCUT2D eigenvalue weighted by Crippen LogP contribution is 2.20. The van der Waals surface area contributed by atoms with Crippen LogP contribution in [0.3, 0.4) is 0 Å². The standard InChI is InChI=1S/C13H32N2O3Si/c1-4-16-19(17-5-2,18-6-3)12-13(15)10-8-7-9-11-14/h13H,4-12,14-15H2,1-3H3/t13-/m1/s1. The Morgan fingerprint density at radius 2 is 1.42 bits per heavy atom. The normalized spacial score (nSPS) is 13.7. The van der Waals surface area contributed by atoms with Gasteiger partial charge in [0.2, 0.25) is 0 Å². The summed E-state index contributed by atoms with van der Waals surface area (Å²) in [7, 11) is -2.58. The lowest BCUT2D eigenvalue weighted by atomic mass is 10.1. The average Bonchev–Trinajstić information content (AvgIpc) is 2.35. The molecule has 0 rings (SSSR count). The molecule has 0 aliphatic rings. The molecule has 116 valence electrons. The van der Waals surface area contributed by atoms with E-state index in [9.17, 15) is 0 Å². The molecule has 1 atom stereocenters. The average molecular weight is 292 g/mol. The molecular formula is C13H32N2O3Si. The second-order valence-electron chi connectivity index (χ2n) is 4.58. The van der Waals surface area contributed by atoms with Crippen molar-refractivity contribution in [2.75, 3.05) is 26.4 Å². The first-order valence-corrected chi connectivity index (χ1v) is 9.44. The van der Waals surface area contributed by atoms with Crippen LogP contribution in [0.2, 0.25) is 6.04 Å². The second-order valence-corrected chi connectivity index (χ2v) is 7.22. The van der Waals surface area contributed by atoms with Crippen LogP contribution in [-0.4, -0.2) is 41.2 Å². The third-order valence-corrected chi connectivity index (χ3v) is 6.09. The fourth-order valence-electron chi connectivity index (χ4n) is 2.11. The molecule has 0 aromatic rings. The number of hydrogen-bond acceptors (Lipinski definition) is 5. The first kappa shape index (κ1) is 19.0. The molecule has 0 aliphatic carbocycles. The molecule has 0 heterocycles. The highest BCUT2D eigenvalue weighted by molar-refractivity contribution is 6.60. The van der Waals surface area contributed by atoms with Gasteiger partial charge in [-0.15, -0.1) is 0 Å². The lowest BCUT2D eigenvalue weighted by Gasteiger charge is -2.30. The van der Waals surface area contributed by atoms with Crippen molar-refractivity contribution in [3.05, 3.63) is 0 Å². The highest BCUT2D eigenvalue weighted by atomic mass is 28.4. The van der Waals surface area contributed by atoms with E-state index in [1.165, 1.54) is 0 Å². The van der Waals surface area contributed by atoms with Crippen molar-refractivity contribution in [2.45, 2.75) is 58.5 Å². The Balaban J connectivity index is 4.26. The molecule has 0 unspecified atom stereocenters. The minimum atomic E-state index is -2.58. The van der Waals surface area contributed by atoms with Gasteiger partial charge in [-0.25, -0.2) is 0 Å². The van der Waals surface area contributed by atoms with E-state index < -0.39 is 8.80 Å². The Morgan fingerprint density at radius 3 is 1.84 bits per heavy atom. The Labute approximate surface area is 119 Å². The maximum atomic E-state index is 6.20. The summed E-state index contributed by atoms with van der Waals surface area (Å²) < 4.78 is 17.4. The van der Waals surface area contributed by atoms with Crippen molar-refractivity contribution in [3.63, 3.8) is 0 Å². The van der Waals surface area contributed by atoms with Crippen LogP contribution < -0.4 is 11.5 Å². The summed E-state index contributed by atoms with van der Waals surface area (Å²) in [6.07, 6.45) is 4.28. The molecule has 0 spiro atoms. The summed E-state index contributed by atoms with van der Waals surface area (Å²) in [6.45, 7) is 8.46. The van der Waals surface area contributed by atoms with E-state index in [0.717, 1.165) is 32.2 Å². The summed E-state index contributed by atoms with van der Waals surface area (Å²) in [4.78, 5) is 0. The number of unbranched alkanes of at least 4 members (excludes halogenated alkanes) is 2. The first-order valence-electron chi connectivity index (χ1n) is 7.51. The Bertz CT molecular complexity index is 191. The van der Waals surface area contributed by atoms with Crippen molar-refractivity contribution in [1.82, 2.24) is 0 Å². The highest BCUT2D eigenvalue weighted by Gasteiger charge is 2.41. The molecule has 0 saturated heterocycles. The molecule has 19 heavy (non-hydrogen) atoms.